The van der Waals surface area contributed by atoms with E-state index in [1.54, 1.807) is 0 Å². The van der Waals surface area contributed by atoms with Crippen molar-refractivity contribution in [2.45, 2.75) is 5.41 Å². The molecule has 0 N–H and O–H groups in total. The third kappa shape index (κ3) is 5.54. The molecule has 0 atom stereocenters. The third-order valence-electron chi connectivity index (χ3n) is 14.5. The molecule has 1 aliphatic rings. The van der Waals surface area contributed by atoms with Gasteiger partial charge in [-0.3, -0.25) is 0 Å². The molecule has 318 valence electrons. The number of aromatic nitrogens is 1. The van der Waals surface area contributed by atoms with Gasteiger partial charge in [0.15, 0.2) is 0 Å². The van der Waals surface area contributed by atoms with E-state index in [-0.39, 0.29) is 0 Å². The normalized spacial score (nSPS) is 12.8. The Kier molecular flexibility index (Phi) is 8.50. The molecule has 3 nitrogen and oxygen atoms in total. The summed E-state index contributed by atoms with van der Waals surface area (Å²) in [5.41, 5.74) is 17.9. The third-order valence-corrected chi connectivity index (χ3v) is 14.5. The summed E-state index contributed by atoms with van der Waals surface area (Å²) in [5.74, 6) is 0. The van der Waals surface area contributed by atoms with E-state index in [2.05, 4.69) is 258 Å². The molecule has 0 bridgehead atoms. The number of fused-ring (bicyclic) bond motifs is 10. The molecule has 0 spiro atoms. The quantitative estimate of drug-likeness (QED) is 0.159. The van der Waals surface area contributed by atoms with E-state index in [9.17, 15) is 0 Å². The predicted molar refractivity (Wildman–Crippen MR) is 283 cm³/mol. The molecule has 14 rings (SSSR count). The first-order chi connectivity index (χ1) is 33.8. The standard InChI is InChI=1S/C65H42N2O/c1-2-17-43(18-3-1)65(58-28-11-6-20-50(58)51-21-7-12-29-59(51)65)44-33-35-45(36-34-44)66(46-37-39-47(40-38-46)67-60-30-13-8-23-53(60)54-24-9-14-31-61(54)67)62-42-41-49(48-19-4-5-22-52(48)62)56-26-16-27-57-55-25-10-15-32-63(55)68-64(56)57/h1-42H. The van der Waals surface area contributed by atoms with Crippen LogP contribution in [-0.2, 0) is 5.41 Å². The monoisotopic (exact) mass is 866 g/mol. The van der Waals surface area contributed by atoms with Crippen LogP contribution in [0.5, 0.6) is 0 Å². The van der Waals surface area contributed by atoms with Crippen LogP contribution in [0.15, 0.2) is 259 Å². The van der Waals surface area contributed by atoms with Crippen molar-refractivity contribution < 1.29 is 4.42 Å². The Hall–Kier alpha value is -8.92. The van der Waals surface area contributed by atoms with Crippen LogP contribution in [0.4, 0.5) is 17.1 Å². The fourth-order valence-corrected chi connectivity index (χ4v) is 11.6. The first-order valence-corrected chi connectivity index (χ1v) is 23.4. The van der Waals surface area contributed by atoms with E-state index in [1.807, 2.05) is 6.07 Å². The number of benzene rings is 11. The lowest BCUT2D eigenvalue weighted by molar-refractivity contribution is 0.670. The highest BCUT2D eigenvalue weighted by Gasteiger charge is 2.45. The van der Waals surface area contributed by atoms with E-state index in [4.69, 9.17) is 4.42 Å². The first-order valence-electron chi connectivity index (χ1n) is 23.4. The van der Waals surface area contributed by atoms with E-state index < -0.39 is 5.41 Å². The van der Waals surface area contributed by atoms with Crippen molar-refractivity contribution >= 4 is 71.6 Å². The highest BCUT2D eigenvalue weighted by atomic mass is 16.3. The smallest absolute Gasteiger partial charge is 0.143 e. The van der Waals surface area contributed by atoms with E-state index in [0.717, 1.165) is 66.6 Å². The molecule has 2 aromatic heterocycles. The van der Waals surface area contributed by atoms with Crippen LogP contribution >= 0.6 is 0 Å². The summed E-state index contributed by atoms with van der Waals surface area (Å²) in [7, 11) is 0. The zero-order valence-corrected chi connectivity index (χ0v) is 37.1. The Morgan fingerprint density at radius 2 is 0.824 bits per heavy atom. The molecule has 3 heteroatoms. The van der Waals surface area contributed by atoms with Gasteiger partial charge in [0.1, 0.15) is 11.2 Å². The molecular weight excluding hydrogens is 825 g/mol. The van der Waals surface area contributed by atoms with Crippen molar-refractivity contribution in [2.75, 3.05) is 4.90 Å². The average molecular weight is 867 g/mol. The Morgan fingerprint density at radius 3 is 1.50 bits per heavy atom. The van der Waals surface area contributed by atoms with Gasteiger partial charge in [0, 0.05) is 49.6 Å². The van der Waals surface area contributed by atoms with Gasteiger partial charge in [0.25, 0.3) is 0 Å². The van der Waals surface area contributed by atoms with Crippen LogP contribution in [0.3, 0.4) is 0 Å². The van der Waals surface area contributed by atoms with E-state index in [0.29, 0.717) is 0 Å². The molecule has 0 amide bonds. The summed E-state index contributed by atoms with van der Waals surface area (Å²) in [4.78, 5) is 2.43. The Bertz CT molecular complexity index is 3990. The summed E-state index contributed by atoms with van der Waals surface area (Å²) >= 11 is 0. The summed E-state index contributed by atoms with van der Waals surface area (Å²) < 4.78 is 9.01. The Balaban J connectivity index is 0.971. The maximum atomic E-state index is 6.62. The summed E-state index contributed by atoms with van der Waals surface area (Å²) in [6, 6.07) is 93.0. The SMILES string of the molecule is c1ccc(C2(c3ccc(N(c4ccc(-n5c6ccccc6c6ccccc65)cc4)c4ccc(-c5cccc6c5oc5ccccc56)c5ccccc45)cc3)c3ccccc3-c3ccccc32)cc1. The second-order valence-electron chi connectivity index (χ2n) is 17.9. The minimum Gasteiger partial charge on any atom is -0.455 e. The highest BCUT2D eigenvalue weighted by Crippen LogP contribution is 2.56. The number of hydrogen-bond donors (Lipinski definition) is 0. The zero-order valence-electron chi connectivity index (χ0n) is 37.1. The average Bonchev–Trinajstić information content (AvgIpc) is 4.06. The summed E-state index contributed by atoms with van der Waals surface area (Å²) in [6.07, 6.45) is 0. The highest BCUT2D eigenvalue weighted by molar-refractivity contribution is 6.14. The fraction of sp³-hybridized carbons (Fsp3) is 0.0154. The lowest BCUT2D eigenvalue weighted by Crippen LogP contribution is -2.28. The van der Waals surface area contributed by atoms with Crippen molar-refractivity contribution in [1.82, 2.24) is 4.57 Å². The topological polar surface area (TPSA) is 21.3 Å². The van der Waals surface area contributed by atoms with Crippen LogP contribution in [0.1, 0.15) is 22.3 Å². The molecule has 1 aliphatic carbocycles. The molecule has 0 unspecified atom stereocenters. The lowest BCUT2D eigenvalue weighted by atomic mass is 9.68. The summed E-state index contributed by atoms with van der Waals surface area (Å²) in [6.45, 7) is 0. The van der Waals surface area contributed by atoms with Gasteiger partial charge < -0.3 is 13.9 Å². The van der Waals surface area contributed by atoms with E-state index >= 15 is 0 Å². The van der Waals surface area contributed by atoms with Crippen molar-refractivity contribution in [1.29, 1.82) is 0 Å². The van der Waals surface area contributed by atoms with Crippen LogP contribution in [0.25, 0.3) is 82.5 Å². The Morgan fingerprint density at radius 1 is 0.324 bits per heavy atom. The molecule has 0 fully saturated rings. The van der Waals surface area contributed by atoms with Crippen molar-refractivity contribution in [3.05, 3.63) is 277 Å². The van der Waals surface area contributed by atoms with Gasteiger partial charge in [-0.15, -0.1) is 0 Å². The number of hydrogen-bond acceptors (Lipinski definition) is 2. The second kappa shape index (κ2) is 15.1. The molecule has 0 aliphatic heterocycles. The van der Waals surface area contributed by atoms with Gasteiger partial charge in [0.05, 0.1) is 22.1 Å². The largest absolute Gasteiger partial charge is 0.455 e. The van der Waals surface area contributed by atoms with Gasteiger partial charge in [-0.2, -0.15) is 0 Å². The van der Waals surface area contributed by atoms with Crippen LogP contribution in [-0.4, -0.2) is 4.57 Å². The zero-order chi connectivity index (χ0) is 44.8. The van der Waals surface area contributed by atoms with Crippen molar-refractivity contribution in [3.8, 4) is 27.9 Å². The van der Waals surface area contributed by atoms with Gasteiger partial charge in [-0.1, -0.05) is 194 Å². The minimum atomic E-state index is -0.492. The molecular formula is C65H42N2O. The van der Waals surface area contributed by atoms with Crippen molar-refractivity contribution in [2.24, 2.45) is 0 Å². The van der Waals surface area contributed by atoms with E-state index in [1.165, 1.54) is 55.2 Å². The van der Waals surface area contributed by atoms with Gasteiger partial charge in [0.2, 0.25) is 0 Å². The number of para-hydroxylation sites is 4. The number of furan rings is 1. The number of anilines is 3. The second-order valence-corrected chi connectivity index (χ2v) is 17.9. The minimum absolute atomic E-state index is 0.492. The number of rotatable bonds is 7. The first kappa shape index (κ1) is 38.4. The molecule has 0 saturated heterocycles. The maximum Gasteiger partial charge on any atom is 0.143 e. The lowest BCUT2D eigenvalue weighted by Gasteiger charge is -2.34. The predicted octanol–water partition coefficient (Wildman–Crippen LogP) is 17.3. The summed E-state index contributed by atoms with van der Waals surface area (Å²) in [5, 5.41) is 7.05. The van der Waals surface area contributed by atoms with Crippen LogP contribution in [0, 0.1) is 0 Å². The molecule has 0 radical (unpaired) electrons. The number of nitrogens with zero attached hydrogens (tertiary/aromatic N) is 2. The maximum absolute atomic E-state index is 6.62. The fourth-order valence-electron chi connectivity index (χ4n) is 11.6. The van der Waals surface area contributed by atoms with Crippen LogP contribution < -0.4 is 4.90 Å². The van der Waals surface area contributed by atoms with Gasteiger partial charge >= 0.3 is 0 Å². The molecule has 0 saturated carbocycles. The van der Waals surface area contributed by atoms with Crippen molar-refractivity contribution in [3.63, 3.8) is 0 Å². The molecule has 68 heavy (non-hydrogen) atoms. The van der Waals surface area contributed by atoms with Gasteiger partial charge in [-0.25, -0.2) is 0 Å². The van der Waals surface area contributed by atoms with Crippen LogP contribution in [0.2, 0.25) is 0 Å². The molecule has 2 heterocycles. The molecule has 13 aromatic rings. The Labute approximate surface area is 394 Å². The van der Waals surface area contributed by atoms with Gasteiger partial charge in [-0.05, 0) is 105 Å². The molecule has 11 aromatic carbocycles.